The number of hydrogen-bond donors (Lipinski definition) is 1. The maximum Gasteiger partial charge on any atom is 0.358 e. The Hall–Kier alpha value is -2.41. The van der Waals surface area contributed by atoms with E-state index in [4.69, 9.17) is 21.1 Å². The van der Waals surface area contributed by atoms with E-state index < -0.39 is 10.9 Å². The SMILES string of the molecule is O=C(O)c1ncoc1-c1ccc(Cl)cc1[N+](=O)[O-]. The van der Waals surface area contributed by atoms with Crippen LogP contribution < -0.4 is 0 Å². The minimum Gasteiger partial charge on any atom is -0.476 e. The Balaban J connectivity index is 2.67. The van der Waals surface area contributed by atoms with Gasteiger partial charge in [0.15, 0.2) is 17.8 Å². The molecule has 0 saturated carbocycles. The molecular formula is C10H5ClN2O5. The first-order valence-corrected chi connectivity index (χ1v) is 4.99. The van der Waals surface area contributed by atoms with Gasteiger partial charge in [0.05, 0.1) is 10.5 Å². The summed E-state index contributed by atoms with van der Waals surface area (Å²) < 4.78 is 4.90. The van der Waals surface area contributed by atoms with E-state index in [-0.39, 0.29) is 27.7 Å². The molecular weight excluding hydrogens is 264 g/mol. The van der Waals surface area contributed by atoms with Gasteiger partial charge in [-0.1, -0.05) is 11.6 Å². The van der Waals surface area contributed by atoms with Gasteiger partial charge in [0.2, 0.25) is 0 Å². The molecule has 0 aliphatic carbocycles. The molecule has 0 bridgehead atoms. The highest BCUT2D eigenvalue weighted by molar-refractivity contribution is 6.31. The highest BCUT2D eigenvalue weighted by Crippen LogP contribution is 2.33. The van der Waals surface area contributed by atoms with E-state index in [1.807, 2.05) is 0 Å². The summed E-state index contributed by atoms with van der Waals surface area (Å²) in [5, 5.41) is 19.9. The molecule has 7 nitrogen and oxygen atoms in total. The van der Waals surface area contributed by atoms with E-state index >= 15 is 0 Å². The summed E-state index contributed by atoms with van der Waals surface area (Å²) in [5.74, 6) is -1.51. The summed E-state index contributed by atoms with van der Waals surface area (Å²) in [6.07, 6.45) is 0.914. The normalized spacial score (nSPS) is 10.3. The van der Waals surface area contributed by atoms with Crippen LogP contribution in [-0.2, 0) is 0 Å². The molecule has 0 aliphatic heterocycles. The lowest BCUT2D eigenvalue weighted by atomic mass is 10.1. The third-order valence-electron chi connectivity index (χ3n) is 2.17. The Morgan fingerprint density at radius 1 is 1.50 bits per heavy atom. The zero-order chi connectivity index (χ0) is 13.3. The highest BCUT2D eigenvalue weighted by Gasteiger charge is 2.24. The van der Waals surface area contributed by atoms with E-state index in [9.17, 15) is 14.9 Å². The number of nitrogens with zero attached hydrogens (tertiary/aromatic N) is 2. The summed E-state index contributed by atoms with van der Waals surface area (Å²) in [5.41, 5.74) is -0.721. The zero-order valence-electron chi connectivity index (χ0n) is 8.66. The van der Waals surface area contributed by atoms with E-state index in [0.717, 1.165) is 12.5 Å². The number of benzene rings is 1. The summed E-state index contributed by atoms with van der Waals surface area (Å²) in [7, 11) is 0. The molecule has 0 spiro atoms. The number of carboxylic acid groups (broad SMARTS) is 1. The second-order valence-corrected chi connectivity index (χ2v) is 3.69. The van der Waals surface area contributed by atoms with Crippen molar-refractivity contribution in [1.82, 2.24) is 4.98 Å². The lowest BCUT2D eigenvalue weighted by Crippen LogP contribution is -2.00. The second-order valence-electron chi connectivity index (χ2n) is 3.25. The van der Waals surface area contributed by atoms with E-state index in [0.29, 0.717) is 0 Å². The van der Waals surface area contributed by atoms with Crippen molar-refractivity contribution in [2.75, 3.05) is 0 Å². The van der Waals surface area contributed by atoms with Gasteiger partial charge in [0.1, 0.15) is 0 Å². The monoisotopic (exact) mass is 268 g/mol. The molecule has 8 heteroatoms. The standard InChI is InChI=1S/C10H5ClN2O5/c11-5-1-2-6(7(3-5)13(16)17)9-8(10(14)15)12-4-18-9/h1-4H,(H,14,15). The molecule has 0 fully saturated rings. The summed E-state index contributed by atoms with van der Waals surface area (Å²) in [6.45, 7) is 0. The van der Waals surface area contributed by atoms with E-state index in [2.05, 4.69) is 4.98 Å². The molecule has 92 valence electrons. The molecule has 1 aromatic carbocycles. The number of nitro benzene ring substituents is 1. The molecule has 0 saturated heterocycles. The fourth-order valence-electron chi connectivity index (χ4n) is 1.44. The van der Waals surface area contributed by atoms with Gasteiger partial charge in [0.25, 0.3) is 5.69 Å². The van der Waals surface area contributed by atoms with Gasteiger partial charge in [-0.15, -0.1) is 0 Å². The fraction of sp³-hybridized carbons (Fsp3) is 0. The van der Waals surface area contributed by atoms with Crippen molar-refractivity contribution >= 4 is 23.3 Å². The van der Waals surface area contributed by atoms with Gasteiger partial charge in [-0.05, 0) is 12.1 Å². The van der Waals surface area contributed by atoms with Crippen LogP contribution in [0.1, 0.15) is 10.5 Å². The van der Waals surface area contributed by atoms with Crippen LogP contribution in [0, 0.1) is 10.1 Å². The Labute approximate surface area is 105 Å². The van der Waals surface area contributed by atoms with Gasteiger partial charge >= 0.3 is 5.97 Å². The van der Waals surface area contributed by atoms with Crippen molar-refractivity contribution in [3.05, 3.63) is 45.4 Å². The minimum atomic E-state index is -1.33. The molecule has 2 rings (SSSR count). The fourth-order valence-corrected chi connectivity index (χ4v) is 1.60. The third kappa shape index (κ3) is 2.03. The average Bonchev–Trinajstić information content (AvgIpc) is 2.77. The number of nitro groups is 1. The molecule has 1 N–H and O–H groups in total. The molecule has 18 heavy (non-hydrogen) atoms. The summed E-state index contributed by atoms with van der Waals surface area (Å²) in [6, 6.07) is 3.83. The number of aromatic nitrogens is 1. The number of halogens is 1. The van der Waals surface area contributed by atoms with Crippen LogP contribution >= 0.6 is 11.6 Å². The van der Waals surface area contributed by atoms with Gasteiger partial charge in [-0.3, -0.25) is 10.1 Å². The Morgan fingerprint density at radius 2 is 2.22 bits per heavy atom. The summed E-state index contributed by atoms with van der Waals surface area (Å²) >= 11 is 5.66. The van der Waals surface area contributed by atoms with Gasteiger partial charge in [-0.25, -0.2) is 9.78 Å². The van der Waals surface area contributed by atoms with E-state index in [1.54, 1.807) is 0 Å². The molecule has 1 aromatic heterocycles. The first-order chi connectivity index (χ1) is 8.50. The Morgan fingerprint density at radius 3 is 2.83 bits per heavy atom. The quantitative estimate of drug-likeness (QED) is 0.677. The molecule has 1 heterocycles. The van der Waals surface area contributed by atoms with Crippen molar-refractivity contribution in [2.45, 2.75) is 0 Å². The maximum atomic E-state index is 10.9. The molecule has 0 amide bonds. The molecule has 0 radical (unpaired) electrons. The average molecular weight is 269 g/mol. The van der Waals surface area contributed by atoms with Crippen LogP contribution in [0.25, 0.3) is 11.3 Å². The largest absolute Gasteiger partial charge is 0.476 e. The van der Waals surface area contributed by atoms with Crippen molar-refractivity contribution in [2.24, 2.45) is 0 Å². The van der Waals surface area contributed by atoms with Crippen LogP contribution in [0.15, 0.2) is 29.0 Å². The van der Waals surface area contributed by atoms with Crippen molar-refractivity contribution in [1.29, 1.82) is 0 Å². The lowest BCUT2D eigenvalue weighted by Gasteiger charge is -2.01. The van der Waals surface area contributed by atoms with Crippen LogP contribution in [0.3, 0.4) is 0 Å². The number of aromatic carboxylic acids is 1. The Bertz CT molecular complexity index is 637. The smallest absolute Gasteiger partial charge is 0.358 e. The minimum absolute atomic E-state index is 0.0132. The lowest BCUT2D eigenvalue weighted by molar-refractivity contribution is -0.384. The number of hydrogen-bond acceptors (Lipinski definition) is 5. The topological polar surface area (TPSA) is 106 Å². The molecule has 2 aromatic rings. The molecule has 0 aliphatic rings. The van der Waals surface area contributed by atoms with E-state index in [1.165, 1.54) is 12.1 Å². The van der Waals surface area contributed by atoms with Crippen LogP contribution in [0.4, 0.5) is 5.69 Å². The first kappa shape index (κ1) is 12.1. The van der Waals surface area contributed by atoms with Crippen molar-refractivity contribution in [3.8, 4) is 11.3 Å². The van der Waals surface area contributed by atoms with Gasteiger partial charge in [-0.2, -0.15) is 0 Å². The predicted molar refractivity (Wildman–Crippen MR) is 60.6 cm³/mol. The van der Waals surface area contributed by atoms with Crippen molar-refractivity contribution < 1.29 is 19.2 Å². The highest BCUT2D eigenvalue weighted by atomic mass is 35.5. The number of carbonyl (C=O) groups is 1. The second kappa shape index (κ2) is 4.46. The number of oxazole rings is 1. The molecule has 0 unspecified atom stereocenters. The Kier molecular flexibility index (Phi) is 2.99. The predicted octanol–water partition coefficient (Wildman–Crippen LogP) is 2.60. The number of rotatable bonds is 3. The first-order valence-electron chi connectivity index (χ1n) is 4.62. The van der Waals surface area contributed by atoms with Crippen LogP contribution in [0.5, 0.6) is 0 Å². The van der Waals surface area contributed by atoms with Crippen molar-refractivity contribution in [3.63, 3.8) is 0 Å². The summed E-state index contributed by atoms with van der Waals surface area (Å²) in [4.78, 5) is 24.6. The number of carboxylic acids is 1. The van der Waals surface area contributed by atoms with Crippen LogP contribution in [-0.4, -0.2) is 21.0 Å². The van der Waals surface area contributed by atoms with Crippen LogP contribution in [0.2, 0.25) is 5.02 Å². The van der Waals surface area contributed by atoms with Gasteiger partial charge < -0.3 is 9.52 Å². The zero-order valence-corrected chi connectivity index (χ0v) is 9.42. The van der Waals surface area contributed by atoms with Gasteiger partial charge in [0, 0.05) is 11.1 Å². The maximum absolute atomic E-state index is 10.9. The molecule has 0 atom stereocenters. The third-order valence-corrected chi connectivity index (χ3v) is 2.41.